The van der Waals surface area contributed by atoms with Gasteiger partial charge in [-0.05, 0) is 26.0 Å². The molecule has 15 heavy (non-hydrogen) atoms. The van der Waals surface area contributed by atoms with Crippen molar-refractivity contribution in [2.75, 3.05) is 6.54 Å². The standard InChI is InChI=1S/C10H15N3O2/c1-7(2-4-11)13-10(15)8-3-5-12-9(14)6-8/h3,5-7H,2,4,11H2,1H3,(H,12,14)(H,13,15). The van der Waals surface area contributed by atoms with Gasteiger partial charge in [-0.2, -0.15) is 0 Å². The molecule has 0 spiro atoms. The van der Waals surface area contributed by atoms with Crippen molar-refractivity contribution in [2.24, 2.45) is 5.73 Å². The van der Waals surface area contributed by atoms with E-state index in [1.54, 1.807) is 6.07 Å². The highest BCUT2D eigenvalue weighted by Gasteiger charge is 2.08. The minimum absolute atomic E-state index is 0.0155. The van der Waals surface area contributed by atoms with Crippen molar-refractivity contribution in [1.29, 1.82) is 0 Å². The van der Waals surface area contributed by atoms with Crippen LogP contribution in [0.1, 0.15) is 23.7 Å². The summed E-state index contributed by atoms with van der Waals surface area (Å²) >= 11 is 0. The Hall–Kier alpha value is -1.62. The lowest BCUT2D eigenvalue weighted by Crippen LogP contribution is -2.34. The third kappa shape index (κ3) is 3.55. The Labute approximate surface area is 87.7 Å². The predicted octanol–water partition coefficient (Wildman–Crippen LogP) is -0.158. The monoisotopic (exact) mass is 209 g/mol. The Bertz CT molecular complexity index is 386. The van der Waals surface area contributed by atoms with Gasteiger partial charge >= 0.3 is 0 Å². The van der Waals surface area contributed by atoms with Crippen molar-refractivity contribution in [3.63, 3.8) is 0 Å². The number of pyridine rings is 1. The second-order valence-corrected chi connectivity index (χ2v) is 3.39. The van der Waals surface area contributed by atoms with E-state index >= 15 is 0 Å². The highest BCUT2D eigenvalue weighted by atomic mass is 16.2. The highest BCUT2D eigenvalue weighted by Crippen LogP contribution is 1.95. The van der Waals surface area contributed by atoms with Crippen LogP contribution in [-0.2, 0) is 0 Å². The molecule has 5 nitrogen and oxygen atoms in total. The lowest BCUT2D eigenvalue weighted by molar-refractivity contribution is 0.0938. The van der Waals surface area contributed by atoms with Gasteiger partial charge in [0.1, 0.15) is 0 Å². The van der Waals surface area contributed by atoms with Crippen LogP contribution in [0.15, 0.2) is 23.1 Å². The van der Waals surface area contributed by atoms with E-state index in [2.05, 4.69) is 10.3 Å². The summed E-state index contributed by atoms with van der Waals surface area (Å²) in [5.74, 6) is -0.248. The smallest absolute Gasteiger partial charge is 0.251 e. The molecule has 1 heterocycles. The predicted molar refractivity (Wildman–Crippen MR) is 57.7 cm³/mol. The maximum Gasteiger partial charge on any atom is 0.251 e. The third-order valence-corrected chi connectivity index (χ3v) is 2.01. The maximum atomic E-state index is 11.6. The molecular formula is C10H15N3O2. The molecule has 1 aromatic rings. The van der Waals surface area contributed by atoms with Crippen LogP contribution in [0, 0.1) is 0 Å². The summed E-state index contributed by atoms with van der Waals surface area (Å²) in [5.41, 5.74) is 5.44. The van der Waals surface area contributed by atoms with Crippen LogP contribution in [0.25, 0.3) is 0 Å². The van der Waals surface area contributed by atoms with Crippen LogP contribution in [0.2, 0.25) is 0 Å². The largest absolute Gasteiger partial charge is 0.350 e. The van der Waals surface area contributed by atoms with E-state index in [9.17, 15) is 9.59 Å². The van der Waals surface area contributed by atoms with E-state index in [1.807, 2.05) is 6.92 Å². The lowest BCUT2D eigenvalue weighted by Gasteiger charge is -2.12. The van der Waals surface area contributed by atoms with Crippen molar-refractivity contribution < 1.29 is 4.79 Å². The van der Waals surface area contributed by atoms with Crippen LogP contribution < -0.4 is 16.6 Å². The lowest BCUT2D eigenvalue weighted by atomic mass is 10.2. The molecule has 0 aromatic carbocycles. The number of rotatable bonds is 4. The Morgan fingerprint density at radius 2 is 2.40 bits per heavy atom. The van der Waals surface area contributed by atoms with Gasteiger partial charge in [-0.1, -0.05) is 0 Å². The summed E-state index contributed by atoms with van der Waals surface area (Å²) in [5, 5.41) is 2.75. The first kappa shape index (κ1) is 11.5. The number of nitrogens with one attached hydrogen (secondary N) is 2. The van der Waals surface area contributed by atoms with Crippen LogP contribution in [0.5, 0.6) is 0 Å². The average Bonchev–Trinajstić information content (AvgIpc) is 2.18. The molecule has 1 rings (SSSR count). The SMILES string of the molecule is CC(CCN)NC(=O)c1cc[nH]c(=O)c1. The molecule has 1 amide bonds. The van der Waals surface area contributed by atoms with Gasteiger partial charge in [0.05, 0.1) is 0 Å². The third-order valence-electron chi connectivity index (χ3n) is 2.01. The van der Waals surface area contributed by atoms with Crippen molar-refractivity contribution in [3.05, 3.63) is 34.2 Å². The molecule has 5 heteroatoms. The summed E-state index contributed by atoms with van der Waals surface area (Å²) in [4.78, 5) is 25.0. The number of hydrogen-bond donors (Lipinski definition) is 3. The molecule has 0 saturated heterocycles. The van der Waals surface area contributed by atoms with Gasteiger partial charge < -0.3 is 16.0 Å². The second-order valence-electron chi connectivity index (χ2n) is 3.39. The molecule has 82 valence electrons. The number of aromatic nitrogens is 1. The summed E-state index contributed by atoms with van der Waals surface area (Å²) in [6.07, 6.45) is 2.17. The topological polar surface area (TPSA) is 88.0 Å². The molecule has 1 atom stereocenters. The molecule has 0 radical (unpaired) electrons. The van der Waals surface area contributed by atoms with Gasteiger partial charge in [0.25, 0.3) is 5.91 Å². The molecule has 0 bridgehead atoms. The molecule has 0 fully saturated rings. The summed E-state index contributed by atoms with van der Waals surface area (Å²) in [6, 6.07) is 2.85. The van der Waals surface area contributed by atoms with Crippen LogP contribution >= 0.6 is 0 Å². The molecule has 4 N–H and O–H groups in total. The number of nitrogens with two attached hydrogens (primary N) is 1. The van der Waals surface area contributed by atoms with Crippen molar-refractivity contribution in [1.82, 2.24) is 10.3 Å². The zero-order valence-corrected chi connectivity index (χ0v) is 8.62. The van der Waals surface area contributed by atoms with E-state index < -0.39 is 0 Å². The van der Waals surface area contributed by atoms with Gasteiger partial charge in [0, 0.05) is 23.9 Å². The summed E-state index contributed by atoms with van der Waals surface area (Å²) in [6.45, 7) is 2.40. The molecule has 0 aliphatic heterocycles. The average molecular weight is 209 g/mol. The second kappa shape index (κ2) is 5.31. The van der Waals surface area contributed by atoms with Gasteiger partial charge in [-0.3, -0.25) is 9.59 Å². The van der Waals surface area contributed by atoms with Crippen LogP contribution in [0.3, 0.4) is 0 Å². The van der Waals surface area contributed by atoms with E-state index in [0.29, 0.717) is 12.1 Å². The Balaban J connectivity index is 2.65. The minimum atomic E-state index is -0.283. The minimum Gasteiger partial charge on any atom is -0.350 e. The maximum absolute atomic E-state index is 11.6. The van der Waals surface area contributed by atoms with Gasteiger partial charge in [0.2, 0.25) is 5.56 Å². The number of H-pyrrole nitrogens is 1. The van der Waals surface area contributed by atoms with E-state index in [0.717, 1.165) is 6.42 Å². The Morgan fingerprint density at radius 3 is 3.00 bits per heavy atom. The van der Waals surface area contributed by atoms with E-state index in [4.69, 9.17) is 5.73 Å². The first-order valence-corrected chi connectivity index (χ1v) is 4.83. The number of carbonyl (C=O) groups excluding carboxylic acids is 1. The van der Waals surface area contributed by atoms with Crippen molar-refractivity contribution in [2.45, 2.75) is 19.4 Å². The number of aromatic amines is 1. The number of hydrogen-bond acceptors (Lipinski definition) is 3. The molecule has 0 aliphatic rings. The van der Waals surface area contributed by atoms with Crippen LogP contribution in [0.4, 0.5) is 0 Å². The fraction of sp³-hybridized carbons (Fsp3) is 0.400. The molecular weight excluding hydrogens is 194 g/mol. The highest BCUT2D eigenvalue weighted by molar-refractivity contribution is 5.94. The van der Waals surface area contributed by atoms with E-state index in [-0.39, 0.29) is 17.5 Å². The molecule has 0 aliphatic carbocycles. The fourth-order valence-electron chi connectivity index (χ4n) is 1.22. The fourth-order valence-corrected chi connectivity index (χ4v) is 1.22. The van der Waals surface area contributed by atoms with E-state index in [1.165, 1.54) is 12.3 Å². The molecule has 1 aromatic heterocycles. The normalized spacial score (nSPS) is 12.1. The Kier molecular flexibility index (Phi) is 4.05. The zero-order chi connectivity index (χ0) is 11.3. The van der Waals surface area contributed by atoms with Gasteiger partial charge in [-0.25, -0.2) is 0 Å². The first-order chi connectivity index (χ1) is 7.13. The summed E-state index contributed by atoms with van der Waals surface area (Å²) < 4.78 is 0. The first-order valence-electron chi connectivity index (χ1n) is 4.83. The van der Waals surface area contributed by atoms with Crippen molar-refractivity contribution >= 4 is 5.91 Å². The molecule has 0 saturated carbocycles. The number of amides is 1. The van der Waals surface area contributed by atoms with Gasteiger partial charge in [0.15, 0.2) is 0 Å². The number of carbonyl (C=O) groups is 1. The zero-order valence-electron chi connectivity index (χ0n) is 8.62. The van der Waals surface area contributed by atoms with Crippen LogP contribution in [-0.4, -0.2) is 23.5 Å². The Morgan fingerprint density at radius 1 is 1.67 bits per heavy atom. The summed E-state index contributed by atoms with van der Waals surface area (Å²) in [7, 11) is 0. The van der Waals surface area contributed by atoms with Crippen molar-refractivity contribution in [3.8, 4) is 0 Å². The van der Waals surface area contributed by atoms with Gasteiger partial charge in [-0.15, -0.1) is 0 Å². The molecule has 1 unspecified atom stereocenters. The quantitative estimate of drug-likeness (QED) is 0.644.